The highest BCUT2D eigenvalue weighted by Crippen LogP contribution is 2.30. The van der Waals surface area contributed by atoms with Crippen LogP contribution in [0.1, 0.15) is 33.7 Å². The molecule has 5 rings (SSSR count). The van der Waals surface area contributed by atoms with E-state index in [1.807, 2.05) is 30.1 Å². The third-order valence-corrected chi connectivity index (χ3v) is 6.04. The van der Waals surface area contributed by atoms with E-state index < -0.39 is 11.6 Å². The van der Waals surface area contributed by atoms with Gasteiger partial charge in [-0.2, -0.15) is 5.10 Å². The highest BCUT2D eigenvalue weighted by molar-refractivity contribution is 5.94. The maximum Gasteiger partial charge on any atom is 0.275 e. The molecule has 7 heteroatoms. The fourth-order valence-electron chi connectivity index (χ4n) is 4.46. The number of nitrogens with zero attached hydrogens (tertiary/aromatic N) is 4. The van der Waals surface area contributed by atoms with Gasteiger partial charge >= 0.3 is 0 Å². The minimum atomic E-state index is -0.921. The largest absolute Gasteiger partial charge is 0.373 e. The first-order valence-electron chi connectivity index (χ1n) is 10.2. The van der Waals surface area contributed by atoms with Crippen LogP contribution in [0, 0.1) is 11.6 Å². The molecule has 0 fully saturated rings. The molecule has 0 atom stereocenters. The number of carbonyl (C=O) groups is 1. The van der Waals surface area contributed by atoms with E-state index in [0.29, 0.717) is 24.5 Å². The smallest absolute Gasteiger partial charge is 0.275 e. The van der Waals surface area contributed by atoms with Crippen molar-refractivity contribution in [3.05, 3.63) is 76.6 Å². The number of carbonyl (C=O) groups excluding carboxylic acids is 1. The molecule has 1 aliphatic carbocycles. The Labute approximate surface area is 173 Å². The number of hydrogen-bond acceptors (Lipinski definition) is 3. The summed E-state index contributed by atoms with van der Waals surface area (Å²) >= 11 is 0. The lowest BCUT2D eigenvalue weighted by molar-refractivity contribution is 0.0744. The highest BCUT2D eigenvalue weighted by Gasteiger charge is 2.31. The number of para-hydroxylation sites is 1. The van der Waals surface area contributed by atoms with Gasteiger partial charge in [-0.05, 0) is 43.0 Å². The zero-order valence-electron chi connectivity index (χ0n) is 16.7. The van der Waals surface area contributed by atoms with Crippen LogP contribution < -0.4 is 4.90 Å². The molecule has 154 valence electrons. The average molecular weight is 408 g/mol. The van der Waals surface area contributed by atoms with Crippen molar-refractivity contribution in [3.63, 3.8) is 0 Å². The van der Waals surface area contributed by atoms with Crippen LogP contribution in [-0.2, 0) is 19.4 Å². The molecule has 1 aliphatic heterocycles. The van der Waals surface area contributed by atoms with E-state index in [1.165, 1.54) is 6.07 Å². The van der Waals surface area contributed by atoms with Crippen molar-refractivity contribution in [2.75, 3.05) is 25.0 Å². The summed E-state index contributed by atoms with van der Waals surface area (Å²) in [5.41, 5.74) is 4.93. The molecule has 0 radical (unpaired) electrons. The van der Waals surface area contributed by atoms with Gasteiger partial charge in [0.05, 0.1) is 5.69 Å². The highest BCUT2D eigenvalue weighted by atomic mass is 19.2. The van der Waals surface area contributed by atoms with E-state index in [2.05, 4.69) is 16.1 Å². The summed E-state index contributed by atoms with van der Waals surface area (Å²) in [6.45, 7) is 1.85. The average Bonchev–Trinajstić information content (AvgIpc) is 3.31. The fourth-order valence-corrected chi connectivity index (χ4v) is 4.46. The number of rotatable bonds is 2. The lowest BCUT2D eigenvalue weighted by Crippen LogP contribution is -2.35. The van der Waals surface area contributed by atoms with Crippen LogP contribution in [0.5, 0.6) is 0 Å². The summed E-state index contributed by atoms with van der Waals surface area (Å²) in [5, 5.41) is 4.58. The van der Waals surface area contributed by atoms with Crippen LogP contribution in [0.15, 0.2) is 42.5 Å². The maximum atomic E-state index is 13.8. The Morgan fingerprint density at radius 2 is 1.87 bits per heavy atom. The van der Waals surface area contributed by atoms with Crippen LogP contribution in [0.3, 0.4) is 0 Å². The number of halogens is 2. The molecule has 2 aromatic carbocycles. The summed E-state index contributed by atoms with van der Waals surface area (Å²) in [4.78, 5) is 17.5. The van der Waals surface area contributed by atoms with Crippen LogP contribution >= 0.6 is 0 Å². The lowest BCUT2D eigenvalue weighted by Gasteiger charge is -2.20. The second-order valence-electron chi connectivity index (χ2n) is 7.91. The van der Waals surface area contributed by atoms with E-state index in [0.717, 1.165) is 60.4 Å². The summed E-state index contributed by atoms with van der Waals surface area (Å²) < 4.78 is 28.8. The molecular formula is C23H22F2N4O. The zero-order valence-corrected chi connectivity index (χ0v) is 16.7. The van der Waals surface area contributed by atoms with Crippen molar-refractivity contribution >= 4 is 11.6 Å². The summed E-state index contributed by atoms with van der Waals surface area (Å²) in [6, 6.07) is 11.8. The van der Waals surface area contributed by atoms with Crippen molar-refractivity contribution in [1.29, 1.82) is 0 Å². The molecule has 0 spiro atoms. The Bertz CT molecular complexity index is 1140. The zero-order chi connectivity index (χ0) is 20.8. The van der Waals surface area contributed by atoms with Gasteiger partial charge in [0.25, 0.3) is 5.91 Å². The van der Waals surface area contributed by atoms with Crippen molar-refractivity contribution in [1.82, 2.24) is 14.7 Å². The van der Waals surface area contributed by atoms with Gasteiger partial charge in [0.2, 0.25) is 0 Å². The standard InChI is InChI=1S/C23H22F2N4O/c1-27-11-12-28(14-15-5-2-3-7-20(15)27)23(30)22-17-6-4-8-21(17)29(26-22)16-9-10-18(24)19(25)13-16/h2-3,5,7,9-10,13H,4,6,8,11-12,14H2,1H3. The molecule has 1 amide bonds. The summed E-state index contributed by atoms with van der Waals surface area (Å²) in [6.07, 6.45) is 2.45. The number of fused-ring (bicyclic) bond motifs is 2. The fraction of sp³-hybridized carbons (Fsp3) is 0.304. The Morgan fingerprint density at radius 1 is 1.03 bits per heavy atom. The number of likely N-dealkylation sites (N-methyl/N-ethyl adjacent to an activating group) is 1. The van der Waals surface area contributed by atoms with Gasteiger partial charge in [-0.15, -0.1) is 0 Å². The minimum absolute atomic E-state index is 0.111. The lowest BCUT2D eigenvalue weighted by atomic mass is 10.1. The molecule has 0 saturated carbocycles. The molecule has 3 aromatic rings. The number of benzene rings is 2. The van der Waals surface area contributed by atoms with Crippen molar-refractivity contribution in [3.8, 4) is 5.69 Å². The van der Waals surface area contributed by atoms with E-state index in [-0.39, 0.29) is 5.91 Å². The summed E-state index contributed by atoms with van der Waals surface area (Å²) in [7, 11) is 2.03. The van der Waals surface area contributed by atoms with Gasteiger partial charge in [0.15, 0.2) is 17.3 Å². The molecule has 0 N–H and O–H groups in total. The topological polar surface area (TPSA) is 41.4 Å². The van der Waals surface area contributed by atoms with Crippen LogP contribution in [-0.4, -0.2) is 40.7 Å². The third kappa shape index (κ3) is 3.05. The maximum absolute atomic E-state index is 13.8. The molecule has 30 heavy (non-hydrogen) atoms. The number of amides is 1. The molecule has 0 unspecified atom stereocenters. The van der Waals surface area contributed by atoms with E-state index in [9.17, 15) is 13.6 Å². The summed E-state index contributed by atoms with van der Waals surface area (Å²) in [5.74, 6) is -1.93. The van der Waals surface area contributed by atoms with Crippen LogP contribution in [0.25, 0.3) is 5.69 Å². The quantitative estimate of drug-likeness (QED) is 0.649. The van der Waals surface area contributed by atoms with Crippen molar-refractivity contribution in [2.24, 2.45) is 0 Å². The molecule has 5 nitrogen and oxygen atoms in total. The van der Waals surface area contributed by atoms with Crippen molar-refractivity contribution in [2.45, 2.75) is 25.8 Å². The van der Waals surface area contributed by atoms with Gasteiger partial charge in [-0.3, -0.25) is 4.79 Å². The first-order chi connectivity index (χ1) is 14.5. The first-order valence-corrected chi connectivity index (χ1v) is 10.2. The normalized spacial score (nSPS) is 15.7. The number of anilines is 1. The molecule has 2 heterocycles. The second-order valence-corrected chi connectivity index (χ2v) is 7.91. The van der Waals surface area contributed by atoms with E-state index >= 15 is 0 Å². The Morgan fingerprint density at radius 3 is 2.70 bits per heavy atom. The van der Waals surface area contributed by atoms with Gasteiger partial charge < -0.3 is 9.80 Å². The number of hydrogen-bond donors (Lipinski definition) is 0. The SMILES string of the molecule is CN1CCN(C(=O)c2nn(-c3ccc(F)c(F)c3)c3c2CCC3)Cc2ccccc21. The van der Waals surface area contributed by atoms with E-state index in [1.54, 1.807) is 4.68 Å². The van der Waals surface area contributed by atoms with Gasteiger partial charge in [0, 0.05) is 49.7 Å². The Kier molecular flexibility index (Phi) is 4.53. The Hall–Kier alpha value is -3.22. The first kappa shape index (κ1) is 18.8. The van der Waals surface area contributed by atoms with Gasteiger partial charge in [0.1, 0.15) is 0 Å². The van der Waals surface area contributed by atoms with Crippen LogP contribution in [0.2, 0.25) is 0 Å². The molecule has 0 saturated heterocycles. The molecule has 2 aliphatic rings. The second kappa shape index (κ2) is 7.23. The van der Waals surface area contributed by atoms with Gasteiger partial charge in [-0.1, -0.05) is 18.2 Å². The van der Waals surface area contributed by atoms with E-state index in [4.69, 9.17) is 0 Å². The molecular weight excluding hydrogens is 386 g/mol. The monoisotopic (exact) mass is 408 g/mol. The van der Waals surface area contributed by atoms with Crippen LogP contribution in [0.4, 0.5) is 14.5 Å². The Balaban J connectivity index is 1.52. The predicted molar refractivity (Wildman–Crippen MR) is 110 cm³/mol. The molecule has 1 aromatic heterocycles. The third-order valence-electron chi connectivity index (χ3n) is 6.04. The molecule has 0 bridgehead atoms. The number of aromatic nitrogens is 2. The minimum Gasteiger partial charge on any atom is -0.373 e. The van der Waals surface area contributed by atoms with Crippen molar-refractivity contribution < 1.29 is 13.6 Å². The van der Waals surface area contributed by atoms with Gasteiger partial charge in [-0.25, -0.2) is 13.5 Å². The predicted octanol–water partition coefficient (Wildman–Crippen LogP) is 3.73.